The van der Waals surface area contributed by atoms with Crippen molar-refractivity contribution in [2.24, 2.45) is 5.92 Å². The molecule has 1 atom stereocenters. The van der Waals surface area contributed by atoms with Gasteiger partial charge in [-0.2, -0.15) is 9.40 Å². The molecular formula is C16H30N4O4S2. The summed E-state index contributed by atoms with van der Waals surface area (Å²) < 4.78 is 55.5. The maximum atomic E-state index is 12.5. The van der Waals surface area contributed by atoms with Gasteiger partial charge in [0.15, 0.2) is 0 Å². The van der Waals surface area contributed by atoms with Gasteiger partial charge >= 0.3 is 0 Å². The van der Waals surface area contributed by atoms with Gasteiger partial charge in [0.1, 0.15) is 4.90 Å². The summed E-state index contributed by atoms with van der Waals surface area (Å²) in [5.41, 5.74) is 0.408. The number of aryl methyl sites for hydroxylation is 1. The van der Waals surface area contributed by atoms with Crippen LogP contribution in [0, 0.1) is 12.8 Å². The van der Waals surface area contributed by atoms with Crippen LogP contribution in [-0.2, 0) is 26.6 Å². The first-order chi connectivity index (χ1) is 12.0. The first kappa shape index (κ1) is 21.3. The molecule has 0 bridgehead atoms. The summed E-state index contributed by atoms with van der Waals surface area (Å²) in [6, 6.07) is -0.0260. The van der Waals surface area contributed by atoms with E-state index >= 15 is 0 Å². The highest BCUT2D eigenvalue weighted by atomic mass is 32.2. The molecule has 1 aliphatic heterocycles. The van der Waals surface area contributed by atoms with Crippen molar-refractivity contribution in [3.63, 3.8) is 0 Å². The predicted octanol–water partition coefficient (Wildman–Crippen LogP) is 1.33. The quantitative estimate of drug-likeness (QED) is 0.702. The first-order valence-corrected chi connectivity index (χ1v) is 12.2. The molecule has 1 aromatic heterocycles. The zero-order valence-corrected chi connectivity index (χ0v) is 17.6. The minimum atomic E-state index is -3.79. The van der Waals surface area contributed by atoms with Gasteiger partial charge in [0.05, 0.1) is 11.4 Å². The van der Waals surface area contributed by atoms with E-state index in [2.05, 4.69) is 9.82 Å². The fourth-order valence-corrected chi connectivity index (χ4v) is 6.22. The Hall–Kier alpha value is -0.970. The van der Waals surface area contributed by atoms with Crippen molar-refractivity contribution in [1.29, 1.82) is 0 Å². The van der Waals surface area contributed by atoms with Crippen LogP contribution in [0.2, 0.25) is 0 Å². The summed E-state index contributed by atoms with van der Waals surface area (Å²) in [7, 11) is -7.26. The van der Waals surface area contributed by atoms with E-state index < -0.39 is 20.0 Å². The van der Waals surface area contributed by atoms with Crippen LogP contribution >= 0.6 is 0 Å². The number of aromatic nitrogens is 2. The number of nitrogens with one attached hydrogen (secondary N) is 1. The van der Waals surface area contributed by atoms with Gasteiger partial charge < -0.3 is 0 Å². The largest absolute Gasteiger partial charge is 0.271 e. The molecule has 1 fully saturated rings. The number of hydrogen-bond acceptors (Lipinski definition) is 5. The normalized spacial score (nSPS) is 20.0. The van der Waals surface area contributed by atoms with Crippen LogP contribution < -0.4 is 4.72 Å². The van der Waals surface area contributed by atoms with Crippen LogP contribution in [0.1, 0.15) is 45.7 Å². The summed E-state index contributed by atoms with van der Waals surface area (Å²) in [4.78, 5) is 0.0990. The third kappa shape index (κ3) is 5.28. The van der Waals surface area contributed by atoms with Crippen LogP contribution in [0.25, 0.3) is 0 Å². The summed E-state index contributed by atoms with van der Waals surface area (Å²) in [6.07, 6.45) is 4.22. The van der Waals surface area contributed by atoms with Gasteiger partial charge in [-0.15, -0.1) is 0 Å². The van der Waals surface area contributed by atoms with Gasteiger partial charge in [-0.3, -0.25) is 4.68 Å². The Kier molecular flexibility index (Phi) is 6.86. The molecule has 8 nitrogen and oxygen atoms in total. The Morgan fingerprint density at radius 3 is 2.58 bits per heavy atom. The van der Waals surface area contributed by atoms with Crippen LogP contribution in [0.15, 0.2) is 11.1 Å². The molecule has 150 valence electrons. The molecule has 0 aliphatic carbocycles. The minimum Gasteiger partial charge on any atom is -0.271 e. The Balaban J connectivity index is 2.01. The molecule has 0 saturated carbocycles. The van der Waals surface area contributed by atoms with E-state index in [0.717, 1.165) is 19.3 Å². The maximum Gasteiger partial charge on any atom is 0.243 e. The molecule has 1 aromatic rings. The molecule has 0 unspecified atom stereocenters. The van der Waals surface area contributed by atoms with Gasteiger partial charge in [0, 0.05) is 31.9 Å². The van der Waals surface area contributed by atoms with Crippen molar-refractivity contribution in [2.75, 3.05) is 18.8 Å². The molecule has 1 aliphatic rings. The highest BCUT2D eigenvalue weighted by Crippen LogP contribution is 2.20. The molecule has 26 heavy (non-hydrogen) atoms. The SMILES string of the molecule is Cc1nn(CC(C)C)cc1S(=O)(=O)NCCS(=O)(=O)N1CCCC[C@H]1C. The van der Waals surface area contributed by atoms with E-state index in [9.17, 15) is 16.8 Å². The standard InChI is InChI=1S/C16H30N4O4S2/c1-13(2)11-19-12-16(15(4)18-19)26(23,24)17-8-10-25(21,22)20-9-6-5-7-14(20)3/h12-14,17H,5-11H2,1-4H3/t14-/m1/s1. The highest BCUT2D eigenvalue weighted by Gasteiger charge is 2.30. The molecule has 10 heteroatoms. The summed E-state index contributed by atoms with van der Waals surface area (Å²) in [5, 5.41) is 4.23. The van der Waals surface area contributed by atoms with E-state index in [1.807, 2.05) is 20.8 Å². The lowest BCUT2D eigenvalue weighted by atomic mass is 10.1. The van der Waals surface area contributed by atoms with Gasteiger partial charge in [-0.25, -0.2) is 21.6 Å². The lowest BCUT2D eigenvalue weighted by Gasteiger charge is -2.32. The molecule has 0 radical (unpaired) electrons. The Morgan fingerprint density at radius 1 is 1.27 bits per heavy atom. The fourth-order valence-electron chi connectivity index (χ4n) is 3.22. The van der Waals surface area contributed by atoms with Crippen molar-refractivity contribution in [3.8, 4) is 0 Å². The molecule has 2 rings (SSSR count). The van der Waals surface area contributed by atoms with Crippen molar-refractivity contribution in [1.82, 2.24) is 18.8 Å². The molecular weight excluding hydrogens is 376 g/mol. The summed E-state index contributed by atoms with van der Waals surface area (Å²) in [5.74, 6) is 0.102. The third-order valence-corrected chi connectivity index (χ3v) is 8.04. The first-order valence-electron chi connectivity index (χ1n) is 9.06. The molecule has 0 aromatic carbocycles. The molecule has 2 heterocycles. The molecule has 0 spiro atoms. The van der Waals surface area contributed by atoms with Crippen LogP contribution in [0.3, 0.4) is 0 Å². The third-order valence-electron chi connectivity index (χ3n) is 4.49. The second kappa shape index (κ2) is 8.37. The molecule has 1 N–H and O–H groups in total. The Bertz CT molecular complexity index is 815. The van der Waals surface area contributed by atoms with E-state index in [-0.39, 0.29) is 23.2 Å². The average Bonchev–Trinajstić information content (AvgIpc) is 2.87. The number of sulfonamides is 2. The maximum absolute atomic E-state index is 12.5. The highest BCUT2D eigenvalue weighted by molar-refractivity contribution is 7.90. The number of rotatable bonds is 8. The topological polar surface area (TPSA) is 101 Å². The summed E-state index contributed by atoms with van der Waals surface area (Å²) in [6.45, 7) is 8.56. The molecule has 0 amide bonds. The van der Waals surface area contributed by atoms with Gasteiger partial charge in [0.2, 0.25) is 20.0 Å². The van der Waals surface area contributed by atoms with Crippen molar-refractivity contribution >= 4 is 20.0 Å². The van der Waals surface area contributed by atoms with E-state index in [1.54, 1.807) is 11.6 Å². The average molecular weight is 407 g/mol. The van der Waals surface area contributed by atoms with Gasteiger partial charge in [-0.05, 0) is 32.6 Å². The smallest absolute Gasteiger partial charge is 0.243 e. The van der Waals surface area contributed by atoms with Crippen molar-refractivity contribution in [2.45, 2.75) is 64.4 Å². The van der Waals surface area contributed by atoms with Gasteiger partial charge in [0.25, 0.3) is 0 Å². The van der Waals surface area contributed by atoms with Crippen molar-refractivity contribution < 1.29 is 16.8 Å². The lowest BCUT2D eigenvalue weighted by molar-refractivity contribution is 0.269. The van der Waals surface area contributed by atoms with Crippen LogP contribution in [0.5, 0.6) is 0 Å². The predicted molar refractivity (Wildman–Crippen MR) is 101 cm³/mol. The monoisotopic (exact) mass is 406 g/mol. The number of hydrogen-bond donors (Lipinski definition) is 1. The molecule has 1 saturated heterocycles. The minimum absolute atomic E-state index is 0.0260. The Morgan fingerprint density at radius 2 is 1.96 bits per heavy atom. The Labute approximate surface area is 157 Å². The second-order valence-electron chi connectivity index (χ2n) is 7.36. The zero-order valence-electron chi connectivity index (χ0n) is 16.0. The summed E-state index contributed by atoms with van der Waals surface area (Å²) >= 11 is 0. The number of piperidine rings is 1. The van der Waals surface area contributed by atoms with Crippen LogP contribution in [0.4, 0.5) is 0 Å². The van der Waals surface area contributed by atoms with Crippen molar-refractivity contribution in [3.05, 3.63) is 11.9 Å². The van der Waals surface area contributed by atoms with E-state index in [0.29, 0.717) is 24.7 Å². The fraction of sp³-hybridized carbons (Fsp3) is 0.812. The van der Waals surface area contributed by atoms with Crippen LogP contribution in [-0.4, -0.2) is 55.8 Å². The van der Waals surface area contributed by atoms with E-state index in [1.165, 1.54) is 10.5 Å². The lowest BCUT2D eigenvalue weighted by Crippen LogP contribution is -2.45. The van der Waals surface area contributed by atoms with Gasteiger partial charge in [-0.1, -0.05) is 20.3 Å². The zero-order chi connectivity index (χ0) is 19.5. The van der Waals surface area contributed by atoms with E-state index in [4.69, 9.17) is 0 Å². The number of nitrogens with zero attached hydrogens (tertiary/aromatic N) is 3. The second-order valence-corrected chi connectivity index (χ2v) is 11.1.